The lowest BCUT2D eigenvalue weighted by molar-refractivity contribution is 0.433. The standard InChI is InChI=1S/C10H9FN2O/c1-6-3-2-4-7(10(6)11)8-5-9(12)13-14-8/h2-5H,1H3,(H2,12,13). The van der Waals surface area contributed by atoms with Crippen LogP contribution in [-0.2, 0) is 0 Å². The molecule has 0 radical (unpaired) electrons. The lowest BCUT2D eigenvalue weighted by atomic mass is 10.1. The van der Waals surface area contributed by atoms with E-state index in [0.29, 0.717) is 16.9 Å². The number of rotatable bonds is 1. The van der Waals surface area contributed by atoms with Gasteiger partial charge < -0.3 is 10.3 Å². The molecule has 1 heterocycles. The number of nitrogens with zero attached hydrogens (tertiary/aromatic N) is 1. The molecule has 0 atom stereocenters. The van der Waals surface area contributed by atoms with Crippen molar-refractivity contribution in [1.82, 2.24) is 5.16 Å². The molecular formula is C10H9FN2O. The summed E-state index contributed by atoms with van der Waals surface area (Å²) in [7, 11) is 0. The Labute approximate surface area is 80.3 Å². The molecule has 0 saturated heterocycles. The Morgan fingerprint density at radius 3 is 2.86 bits per heavy atom. The van der Waals surface area contributed by atoms with Gasteiger partial charge in [0.05, 0.1) is 5.56 Å². The third-order valence-corrected chi connectivity index (χ3v) is 1.99. The van der Waals surface area contributed by atoms with Crippen LogP contribution in [0.25, 0.3) is 11.3 Å². The predicted octanol–water partition coefficient (Wildman–Crippen LogP) is 2.37. The van der Waals surface area contributed by atoms with E-state index in [2.05, 4.69) is 5.16 Å². The van der Waals surface area contributed by atoms with Crippen LogP contribution in [-0.4, -0.2) is 5.16 Å². The Morgan fingerprint density at radius 1 is 1.43 bits per heavy atom. The summed E-state index contributed by atoms with van der Waals surface area (Å²) in [4.78, 5) is 0. The van der Waals surface area contributed by atoms with E-state index in [9.17, 15) is 4.39 Å². The predicted molar refractivity (Wildman–Crippen MR) is 51.0 cm³/mol. The average Bonchev–Trinajstić information content (AvgIpc) is 2.57. The molecular weight excluding hydrogens is 183 g/mol. The van der Waals surface area contributed by atoms with Gasteiger partial charge >= 0.3 is 0 Å². The molecule has 14 heavy (non-hydrogen) atoms. The maximum atomic E-state index is 13.6. The molecule has 2 N–H and O–H groups in total. The van der Waals surface area contributed by atoms with E-state index in [-0.39, 0.29) is 11.6 Å². The molecule has 0 aliphatic heterocycles. The number of hydrogen-bond donors (Lipinski definition) is 1. The van der Waals surface area contributed by atoms with E-state index in [0.717, 1.165) is 0 Å². The summed E-state index contributed by atoms with van der Waals surface area (Å²) in [6, 6.07) is 6.57. The van der Waals surface area contributed by atoms with E-state index >= 15 is 0 Å². The summed E-state index contributed by atoms with van der Waals surface area (Å²) in [5.41, 5.74) is 6.33. The largest absolute Gasteiger partial charge is 0.381 e. The molecule has 72 valence electrons. The smallest absolute Gasteiger partial charge is 0.172 e. The summed E-state index contributed by atoms with van der Waals surface area (Å²) >= 11 is 0. The third-order valence-electron chi connectivity index (χ3n) is 1.99. The van der Waals surface area contributed by atoms with Crippen LogP contribution < -0.4 is 5.73 Å². The molecule has 2 aromatic rings. The van der Waals surface area contributed by atoms with E-state index < -0.39 is 0 Å². The van der Waals surface area contributed by atoms with Crippen molar-refractivity contribution < 1.29 is 8.91 Å². The van der Waals surface area contributed by atoms with Crippen molar-refractivity contribution in [3.63, 3.8) is 0 Å². The second-order valence-corrected chi connectivity index (χ2v) is 3.05. The number of nitrogen functional groups attached to an aromatic ring is 1. The fraction of sp³-hybridized carbons (Fsp3) is 0.100. The fourth-order valence-electron chi connectivity index (χ4n) is 1.25. The maximum Gasteiger partial charge on any atom is 0.172 e. The maximum absolute atomic E-state index is 13.6. The lowest BCUT2D eigenvalue weighted by Gasteiger charge is -2.00. The minimum Gasteiger partial charge on any atom is -0.381 e. The van der Waals surface area contributed by atoms with Gasteiger partial charge in [-0.3, -0.25) is 0 Å². The fourth-order valence-corrected chi connectivity index (χ4v) is 1.25. The van der Waals surface area contributed by atoms with Gasteiger partial charge in [-0.25, -0.2) is 4.39 Å². The van der Waals surface area contributed by atoms with Gasteiger partial charge in [-0.1, -0.05) is 17.3 Å². The first kappa shape index (κ1) is 8.74. The molecule has 0 aliphatic rings. The normalized spacial score (nSPS) is 10.4. The number of hydrogen-bond acceptors (Lipinski definition) is 3. The van der Waals surface area contributed by atoms with Crippen LogP contribution in [0.5, 0.6) is 0 Å². The number of halogens is 1. The lowest BCUT2D eigenvalue weighted by Crippen LogP contribution is -1.86. The van der Waals surface area contributed by atoms with Gasteiger partial charge in [0, 0.05) is 6.07 Å². The van der Waals surface area contributed by atoms with E-state index in [4.69, 9.17) is 10.3 Å². The number of aromatic nitrogens is 1. The molecule has 0 bridgehead atoms. The van der Waals surface area contributed by atoms with Crippen molar-refractivity contribution in [3.8, 4) is 11.3 Å². The Kier molecular flexibility index (Phi) is 1.96. The quantitative estimate of drug-likeness (QED) is 0.754. The summed E-state index contributed by atoms with van der Waals surface area (Å²) in [5, 5.41) is 3.50. The first-order valence-electron chi connectivity index (χ1n) is 4.16. The Hall–Kier alpha value is -1.84. The van der Waals surface area contributed by atoms with Gasteiger partial charge in [0.1, 0.15) is 5.82 Å². The molecule has 1 aromatic carbocycles. The highest BCUT2D eigenvalue weighted by Crippen LogP contribution is 2.25. The van der Waals surface area contributed by atoms with Gasteiger partial charge in [-0.2, -0.15) is 0 Å². The molecule has 0 aliphatic carbocycles. The molecule has 1 aromatic heterocycles. The van der Waals surface area contributed by atoms with Gasteiger partial charge in [-0.15, -0.1) is 0 Å². The zero-order valence-corrected chi connectivity index (χ0v) is 7.62. The Balaban J connectivity index is 2.57. The highest BCUT2D eigenvalue weighted by molar-refractivity contribution is 5.61. The molecule has 0 fully saturated rings. The van der Waals surface area contributed by atoms with Crippen molar-refractivity contribution in [2.24, 2.45) is 0 Å². The first-order valence-corrected chi connectivity index (χ1v) is 4.16. The topological polar surface area (TPSA) is 52.0 Å². The Morgan fingerprint density at radius 2 is 2.21 bits per heavy atom. The number of benzene rings is 1. The van der Waals surface area contributed by atoms with Crippen molar-refractivity contribution in [1.29, 1.82) is 0 Å². The molecule has 0 saturated carbocycles. The second kappa shape index (κ2) is 3.14. The second-order valence-electron chi connectivity index (χ2n) is 3.05. The average molecular weight is 192 g/mol. The minimum absolute atomic E-state index is 0.251. The summed E-state index contributed by atoms with van der Waals surface area (Å²) in [6.45, 7) is 1.69. The zero-order chi connectivity index (χ0) is 10.1. The van der Waals surface area contributed by atoms with E-state index in [1.807, 2.05) is 0 Å². The van der Waals surface area contributed by atoms with Crippen LogP contribution in [0.4, 0.5) is 10.2 Å². The zero-order valence-electron chi connectivity index (χ0n) is 7.62. The van der Waals surface area contributed by atoms with E-state index in [1.54, 1.807) is 25.1 Å². The monoisotopic (exact) mass is 192 g/mol. The van der Waals surface area contributed by atoms with Crippen LogP contribution >= 0.6 is 0 Å². The van der Waals surface area contributed by atoms with Gasteiger partial charge in [-0.05, 0) is 18.6 Å². The SMILES string of the molecule is Cc1cccc(-c2cc(N)no2)c1F. The van der Waals surface area contributed by atoms with Gasteiger partial charge in [0.15, 0.2) is 11.6 Å². The summed E-state index contributed by atoms with van der Waals surface area (Å²) in [5.74, 6) is 0.299. The van der Waals surface area contributed by atoms with Crippen LogP contribution in [0.2, 0.25) is 0 Å². The highest BCUT2D eigenvalue weighted by Gasteiger charge is 2.11. The van der Waals surface area contributed by atoms with Crippen LogP contribution in [0.1, 0.15) is 5.56 Å². The highest BCUT2D eigenvalue weighted by atomic mass is 19.1. The molecule has 2 rings (SSSR count). The minimum atomic E-state index is -0.302. The summed E-state index contributed by atoms with van der Waals surface area (Å²) < 4.78 is 18.4. The third kappa shape index (κ3) is 1.35. The molecule has 0 unspecified atom stereocenters. The molecule has 0 amide bonds. The van der Waals surface area contributed by atoms with Crippen molar-refractivity contribution in [2.45, 2.75) is 6.92 Å². The van der Waals surface area contributed by atoms with Gasteiger partial charge in [0.25, 0.3) is 0 Å². The Bertz CT molecular complexity index is 465. The van der Waals surface area contributed by atoms with Crippen LogP contribution in [0.15, 0.2) is 28.8 Å². The van der Waals surface area contributed by atoms with Crippen molar-refractivity contribution in [3.05, 3.63) is 35.6 Å². The van der Waals surface area contributed by atoms with Crippen LogP contribution in [0.3, 0.4) is 0 Å². The van der Waals surface area contributed by atoms with Crippen molar-refractivity contribution >= 4 is 5.82 Å². The summed E-state index contributed by atoms with van der Waals surface area (Å²) in [6.07, 6.45) is 0. The van der Waals surface area contributed by atoms with Crippen molar-refractivity contribution in [2.75, 3.05) is 5.73 Å². The van der Waals surface area contributed by atoms with E-state index in [1.165, 1.54) is 6.07 Å². The molecule has 3 nitrogen and oxygen atoms in total. The number of anilines is 1. The number of aryl methyl sites for hydroxylation is 1. The molecule has 0 spiro atoms. The van der Waals surface area contributed by atoms with Gasteiger partial charge in [0.2, 0.25) is 0 Å². The van der Waals surface area contributed by atoms with Crippen LogP contribution in [0, 0.1) is 12.7 Å². The number of nitrogens with two attached hydrogens (primary N) is 1. The molecule has 4 heteroatoms. The first-order chi connectivity index (χ1) is 6.68.